The van der Waals surface area contributed by atoms with E-state index in [0.717, 1.165) is 24.3 Å². The number of benzene rings is 2. The minimum atomic E-state index is -2.38. The van der Waals surface area contributed by atoms with Crippen molar-refractivity contribution in [2.75, 3.05) is 0 Å². The molecule has 0 spiro atoms. The molecule has 2 rings (SSSR count). The van der Waals surface area contributed by atoms with Crippen LogP contribution < -0.4 is 9.92 Å². The molecule has 2 aromatic rings. The monoisotopic (exact) mass is 341 g/mol. The maximum atomic E-state index is 14.2. The second-order valence-electron chi connectivity index (χ2n) is 5.95. The lowest BCUT2D eigenvalue weighted by molar-refractivity contribution is -0.385. The van der Waals surface area contributed by atoms with Crippen molar-refractivity contribution in [3.63, 3.8) is 0 Å². The highest BCUT2D eigenvalue weighted by Crippen LogP contribution is 2.33. The van der Waals surface area contributed by atoms with Crippen molar-refractivity contribution in [1.29, 1.82) is 0 Å². The number of hydrogen-bond acceptors (Lipinski definition) is 3. The van der Waals surface area contributed by atoms with E-state index in [1.54, 1.807) is 19.6 Å². The number of ether oxygens (including phenoxy) is 1. The summed E-state index contributed by atoms with van der Waals surface area (Å²) in [5, 5.41) is 11.3. The van der Waals surface area contributed by atoms with Gasteiger partial charge in [-0.05, 0) is 18.2 Å². The molecule has 8 heteroatoms. The number of nitro groups is 1. The minimum Gasteiger partial charge on any atom is -0.447 e. The molecule has 0 atom stereocenters. The molecule has 0 fully saturated rings. The van der Waals surface area contributed by atoms with Crippen molar-refractivity contribution in [2.24, 2.45) is 0 Å². The van der Waals surface area contributed by atoms with E-state index in [4.69, 9.17) is 4.74 Å². The SMILES string of the molecule is C[Si](C)(C)c1c(F)ccc([N+](=O)[O-])c1Oc1ccc(F)cc1F. The van der Waals surface area contributed by atoms with Crippen LogP contribution in [0, 0.1) is 27.6 Å². The van der Waals surface area contributed by atoms with Crippen LogP contribution in [0.15, 0.2) is 30.3 Å². The molecule has 4 nitrogen and oxygen atoms in total. The van der Waals surface area contributed by atoms with E-state index in [2.05, 4.69) is 0 Å². The summed E-state index contributed by atoms with van der Waals surface area (Å²) in [6.07, 6.45) is 0. The third kappa shape index (κ3) is 3.53. The Bertz CT molecular complexity index is 775. The van der Waals surface area contributed by atoms with E-state index >= 15 is 0 Å². The van der Waals surface area contributed by atoms with Gasteiger partial charge in [0.2, 0.25) is 5.75 Å². The van der Waals surface area contributed by atoms with Crippen molar-refractivity contribution in [3.8, 4) is 11.5 Å². The molecule has 0 aliphatic carbocycles. The van der Waals surface area contributed by atoms with E-state index in [1.807, 2.05) is 0 Å². The third-order valence-electron chi connectivity index (χ3n) is 3.14. The summed E-state index contributed by atoms with van der Waals surface area (Å²) < 4.78 is 46.3. The maximum Gasteiger partial charge on any atom is 0.311 e. The fraction of sp³-hybridized carbons (Fsp3) is 0.200. The number of nitro benzene ring substituents is 1. The molecule has 0 N–H and O–H groups in total. The summed E-state index contributed by atoms with van der Waals surface area (Å²) in [6, 6.07) is 4.52. The Balaban J connectivity index is 2.67. The fourth-order valence-corrected chi connectivity index (χ4v) is 3.82. The number of halogens is 3. The third-order valence-corrected chi connectivity index (χ3v) is 5.10. The summed E-state index contributed by atoms with van der Waals surface area (Å²) in [5.74, 6) is -3.22. The topological polar surface area (TPSA) is 52.4 Å². The quantitative estimate of drug-likeness (QED) is 0.472. The second kappa shape index (κ2) is 6.03. The van der Waals surface area contributed by atoms with Gasteiger partial charge in [-0.3, -0.25) is 10.1 Å². The zero-order chi connectivity index (χ0) is 17.4. The van der Waals surface area contributed by atoms with Gasteiger partial charge in [0.05, 0.1) is 13.0 Å². The average molecular weight is 341 g/mol. The Kier molecular flexibility index (Phi) is 4.46. The highest BCUT2D eigenvalue weighted by Gasteiger charge is 2.32. The van der Waals surface area contributed by atoms with E-state index in [9.17, 15) is 23.3 Å². The van der Waals surface area contributed by atoms with Gasteiger partial charge in [-0.1, -0.05) is 19.6 Å². The van der Waals surface area contributed by atoms with Crippen LogP contribution in [0.25, 0.3) is 0 Å². The predicted octanol–water partition coefficient (Wildman–Crippen LogP) is 4.35. The van der Waals surface area contributed by atoms with Crippen molar-refractivity contribution in [3.05, 3.63) is 57.9 Å². The molecular weight excluding hydrogens is 327 g/mol. The summed E-state index contributed by atoms with van der Waals surface area (Å²) in [4.78, 5) is 10.5. The van der Waals surface area contributed by atoms with Crippen LogP contribution in [0.1, 0.15) is 0 Å². The molecule has 2 aromatic carbocycles. The van der Waals surface area contributed by atoms with Crippen LogP contribution in [0.5, 0.6) is 11.5 Å². The van der Waals surface area contributed by atoms with Crippen molar-refractivity contribution in [2.45, 2.75) is 19.6 Å². The lowest BCUT2D eigenvalue weighted by atomic mass is 10.2. The summed E-state index contributed by atoms with van der Waals surface area (Å²) in [6.45, 7) is 5.34. The largest absolute Gasteiger partial charge is 0.447 e. The molecule has 0 amide bonds. The van der Waals surface area contributed by atoms with Gasteiger partial charge in [0.1, 0.15) is 11.6 Å². The molecule has 0 aliphatic heterocycles. The molecule has 0 radical (unpaired) electrons. The van der Waals surface area contributed by atoms with Crippen LogP contribution in [0.4, 0.5) is 18.9 Å². The number of hydrogen-bond donors (Lipinski definition) is 0. The molecular formula is C15H14F3NO3Si. The van der Waals surface area contributed by atoms with Gasteiger partial charge in [-0.15, -0.1) is 0 Å². The zero-order valence-electron chi connectivity index (χ0n) is 12.7. The minimum absolute atomic E-state index is 0.0791. The maximum absolute atomic E-state index is 14.2. The van der Waals surface area contributed by atoms with Gasteiger partial charge in [-0.25, -0.2) is 13.2 Å². The van der Waals surface area contributed by atoms with Crippen molar-refractivity contribution < 1.29 is 22.8 Å². The Morgan fingerprint density at radius 3 is 2.22 bits per heavy atom. The highest BCUT2D eigenvalue weighted by molar-refractivity contribution is 6.89. The van der Waals surface area contributed by atoms with E-state index in [-0.39, 0.29) is 10.9 Å². The Labute approximate surface area is 131 Å². The summed E-state index contributed by atoms with van der Waals surface area (Å²) in [7, 11) is -2.38. The fourth-order valence-electron chi connectivity index (χ4n) is 2.16. The van der Waals surface area contributed by atoms with Gasteiger partial charge in [0, 0.05) is 17.3 Å². The first-order valence-corrected chi connectivity index (χ1v) is 10.2. The first-order chi connectivity index (χ1) is 10.6. The lowest BCUT2D eigenvalue weighted by Crippen LogP contribution is -2.41. The first kappa shape index (κ1) is 17.0. The first-order valence-electron chi connectivity index (χ1n) is 6.71. The van der Waals surface area contributed by atoms with Gasteiger partial charge in [-0.2, -0.15) is 0 Å². The van der Waals surface area contributed by atoms with Gasteiger partial charge < -0.3 is 4.74 Å². The summed E-state index contributed by atoms with van der Waals surface area (Å²) in [5.41, 5.74) is -0.465. The highest BCUT2D eigenvalue weighted by atomic mass is 28.3. The molecule has 0 saturated carbocycles. The van der Waals surface area contributed by atoms with Crippen molar-refractivity contribution in [1.82, 2.24) is 0 Å². The van der Waals surface area contributed by atoms with Gasteiger partial charge >= 0.3 is 5.69 Å². The van der Waals surface area contributed by atoms with E-state index in [0.29, 0.717) is 6.07 Å². The molecule has 0 unspecified atom stereocenters. The average Bonchev–Trinajstić information content (AvgIpc) is 2.40. The van der Waals surface area contributed by atoms with Gasteiger partial charge in [0.25, 0.3) is 0 Å². The molecule has 0 aliphatic rings. The smallest absolute Gasteiger partial charge is 0.311 e. The molecule has 0 bridgehead atoms. The predicted molar refractivity (Wildman–Crippen MR) is 82.5 cm³/mol. The Hall–Kier alpha value is -2.35. The van der Waals surface area contributed by atoms with Crippen LogP contribution in [-0.2, 0) is 0 Å². The number of rotatable bonds is 4. The van der Waals surface area contributed by atoms with E-state index in [1.165, 1.54) is 0 Å². The van der Waals surface area contributed by atoms with Crippen molar-refractivity contribution >= 4 is 18.9 Å². The van der Waals surface area contributed by atoms with Crippen LogP contribution in [0.3, 0.4) is 0 Å². The standard InChI is InChI=1S/C15H14F3NO3Si/c1-23(2,3)15-10(17)5-6-12(19(20)21)14(15)22-13-7-4-9(16)8-11(13)18/h4-8H,1-3H3. The zero-order valence-corrected chi connectivity index (χ0v) is 13.7. The Morgan fingerprint density at radius 1 is 1.04 bits per heavy atom. The normalized spacial score (nSPS) is 11.4. The van der Waals surface area contributed by atoms with Gasteiger partial charge in [0.15, 0.2) is 11.6 Å². The van der Waals surface area contributed by atoms with Crippen LogP contribution >= 0.6 is 0 Å². The number of nitrogens with zero attached hydrogens (tertiary/aromatic N) is 1. The molecule has 0 heterocycles. The van der Waals surface area contributed by atoms with E-state index < -0.39 is 41.9 Å². The Morgan fingerprint density at radius 2 is 1.70 bits per heavy atom. The van der Waals surface area contributed by atoms with Crippen LogP contribution in [-0.4, -0.2) is 13.0 Å². The van der Waals surface area contributed by atoms with Crippen LogP contribution in [0.2, 0.25) is 19.6 Å². The molecule has 0 saturated heterocycles. The summed E-state index contributed by atoms with van der Waals surface area (Å²) >= 11 is 0. The second-order valence-corrected chi connectivity index (χ2v) is 11.0. The molecule has 23 heavy (non-hydrogen) atoms. The lowest BCUT2D eigenvalue weighted by Gasteiger charge is -2.21. The molecule has 122 valence electrons. The molecule has 0 aromatic heterocycles.